The zero-order chi connectivity index (χ0) is 12.4. The van der Waals surface area contributed by atoms with Crippen molar-refractivity contribution in [2.24, 2.45) is 7.05 Å². The summed E-state index contributed by atoms with van der Waals surface area (Å²) in [4.78, 5) is 12.5. The molecule has 0 radical (unpaired) electrons. The lowest BCUT2D eigenvalue weighted by Gasteiger charge is -2.05. The summed E-state index contributed by atoms with van der Waals surface area (Å²) in [5.74, 6) is 0.789. The Morgan fingerprint density at radius 1 is 1.28 bits per heavy atom. The lowest BCUT2D eigenvalue weighted by molar-refractivity contribution is 0.785. The first kappa shape index (κ1) is 10.6. The van der Waals surface area contributed by atoms with Gasteiger partial charge in [0.2, 0.25) is 0 Å². The van der Waals surface area contributed by atoms with Crippen molar-refractivity contribution in [3.63, 3.8) is 0 Å². The van der Waals surface area contributed by atoms with Crippen molar-refractivity contribution < 1.29 is 0 Å². The number of hydrogen-bond acceptors (Lipinski definition) is 5. The van der Waals surface area contributed by atoms with Crippen LogP contribution in [0.4, 0.5) is 5.82 Å². The van der Waals surface area contributed by atoms with Crippen molar-refractivity contribution in [1.82, 2.24) is 24.7 Å². The normalized spacial score (nSPS) is 10.7. The molecule has 3 heterocycles. The fraction of sp³-hybridized carbons (Fsp3) is 0.167. The molecule has 0 unspecified atom stereocenters. The molecule has 1 N–H and O–H groups in total. The van der Waals surface area contributed by atoms with E-state index < -0.39 is 0 Å². The Morgan fingerprint density at radius 3 is 3.06 bits per heavy atom. The molecule has 6 heteroatoms. The van der Waals surface area contributed by atoms with E-state index in [0.29, 0.717) is 6.54 Å². The standard InChI is InChI=1S/C12H12N6/c1-18-12-10(7-17-18)11(15-8-16-12)14-6-9-3-2-4-13-5-9/h2-5,7-8H,6H2,1H3,(H,14,15,16). The van der Waals surface area contributed by atoms with E-state index in [-0.39, 0.29) is 0 Å². The average molecular weight is 240 g/mol. The molecular formula is C12H12N6. The number of aromatic nitrogens is 5. The number of pyridine rings is 1. The largest absolute Gasteiger partial charge is 0.365 e. The molecule has 90 valence electrons. The van der Waals surface area contributed by atoms with Gasteiger partial charge < -0.3 is 5.32 Å². The summed E-state index contributed by atoms with van der Waals surface area (Å²) in [6.45, 7) is 0.675. The number of fused-ring (bicyclic) bond motifs is 1. The molecule has 6 nitrogen and oxygen atoms in total. The number of anilines is 1. The fourth-order valence-electron chi connectivity index (χ4n) is 1.79. The molecule has 0 saturated carbocycles. The predicted octanol–water partition coefficient (Wildman–Crippen LogP) is 1.37. The van der Waals surface area contributed by atoms with Crippen molar-refractivity contribution in [2.45, 2.75) is 6.54 Å². The average Bonchev–Trinajstić information content (AvgIpc) is 2.80. The van der Waals surface area contributed by atoms with Crippen molar-refractivity contribution in [1.29, 1.82) is 0 Å². The summed E-state index contributed by atoms with van der Waals surface area (Å²) in [7, 11) is 1.86. The van der Waals surface area contributed by atoms with Crippen molar-refractivity contribution >= 4 is 16.9 Å². The Morgan fingerprint density at radius 2 is 2.22 bits per heavy atom. The predicted molar refractivity (Wildman–Crippen MR) is 67.9 cm³/mol. The van der Waals surface area contributed by atoms with Crippen LogP contribution in [-0.4, -0.2) is 24.7 Å². The van der Waals surface area contributed by atoms with Gasteiger partial charge in [-0.15, -0.1) is 0 Å². The maximum Gasteiger partial charge on any atom is 0.163 e. The van der Waals surface area contributed by atoms with Gasteiger partial charge in [0, 0.05) is 26.0 Å². The Hall–Kier alpha value is -2.50. The Bertz CT molecular complexity index is 661. The van der Waals surface area contributed by atoms with Crippen LogP contribution in [0.2, 0.25) is 0 Å². The first-order valence-corrected chi connectivity index (χ1v) is 5.60. The summed E-state index contributed by atoms with van der Waals surface area (Å²) in [6, 6.07) is 3.93. The maximum absolute atomic E-state index is 4.24. The van der Waals surface area contributed by atoms with Gasteiger partial charge in [0.05, 0.1) is 11.6 Å². The minimum Gasteiger partial charge on any atom is -0.365 e. The molecule has 0 aromatic carbocycles. The van der Waals surface area contributed by atoms with E-state index in [9.17, 15) is 0 Å². The number of hydrogen-bond donors (Lipinski definition) is 1. The third kappa shape index (κ3) is 1.88. The van der Waals surface area contributed by atoms with E-state index in [1.807, 2.05) is 25.4 Å². The highest BCUT2D eigenvalue weighted by molar-refractivity contribution is 5.85. The summed E-state index contributed by atoms with van der Waals surface area (Å²) >= 11 is 0. The Kier molecular flexibility index (Phi) is 2.60. The van der Waals surface area contributed by atoms with Crippen molar-refractivity contribution in [3.8, 4) is 0 Å². The molecule has 3 rings (SSSR count). The molecular weight excluding hydrogens is 228 g/mol. The molecule has 0 aliphatic heterocycles. The van der Waals surface area contributed by atoms with Gasteiger partial charge in [-0.05, 0) is 11.6 Å². The van der Waals surface area contributed by atoms with Gasteiger partial charge in [0.15, 0.2) is 5.65 Å². The van der Waals surface area contributed by atoms with Gasteiger partial charge in [-0.25, -0.2) is 9.97 Å². The maximum atomic E-state index is 4.24. The van der Waals surface area contributed by atoms with Gasteiger partial charge >= 0.3 is 0 Å². The summed E-state index contributed by atoms with van der Waals surface area (Å²) in [6.07, 6.45) is 6.89. The molecule has 3 aromatic heterocycles. The number of nitrogens with one attached hydrogen (secondary N) is 1. The quantitative estimate of drug-likeness (QED) is 0.748. The van der Waals surface area contributed by atoms with Gasteiger partial charge in [-0.1, -0.05) is 6.07 Å². The smallest absolute Gasteiger partial charge is 0.163 e. The highest BCUT2D eigenvalue weighted by Crippen LogP contribution is 2.18. The second-order valence-corrected chi connectivity index (χ2v) is 3.94. The first-order valence-electron chi connectivity index (χ1n) is 5.60. The topological polar surface area (TPSA) is 68.5 Å². The van der Waals surface area contributed by atoms with E-state index in [2.05, 4.69) is 25.4 Å². The highest BCUT2D eigenvalue weighted by atomic mass is 15.3. The molecule has 3 aromatic rings. The van der Waals surface area contributed by atoms with Crippen LogP contribution in [0.15, 0.2) is 37.1 Å². The second kappa shape index (κ2) is 4.40. The van der Waals surface area contributed by atoms with Crippen LogP contribution in [0.3, 0.4) is 0 Å². The SMILES string of the molecule is Cn1ncc2c(NCc3cccnc3)ncnc21. The second-order valence-electron chi connectivity index (χ2n) is 3.94. The number of nitrogens with zero attached hydrogens (tertiary/aromatic N) is 5. The summed E-state index contributed by atoms with van der Waals surface area (Å²) < 4.78 is 1.73. The fourth-order valence-corrected chi connectivity index (χ4v) is 1.79. The lowest BCUT2D eigenvalue weighted by Crippen LogP contribution is -2.02. The van der Waals surface area contributed by atoms with E-state index in [1.54, 1.807) is 17.1 Å². The van der Waals surface area contributed by atoms with Gasteiger partial charge in [0.25, 0.3) is 0 Å². The summed E-state index contributed by atoms with van der Waals surface area (Å²) in [5.41, 5.74) is 1.92. The monoisotopic (exact) mass is 240 g/mol. The van der Waals surface area contributed by atoms with Crippen molar-refractivity contribution in [3.05, 3.63) is 42.6 Å². The Labute approximate surface area is 104 Å². The molecule has 0 bridgehead atoms. The van der Waals surface area contributed by atoms with Crippen LogP contribution >= 0.6 is 0 Å². The number of rotatable bonds is 3. The van der Waals surface area contributed by atoms with Crippen molar-refractivity contribution in [2.75, 3.05) is 5.32 Å². The highest BCUT2D eigenvalue weighted by Gasteiger charge is 2.06. The number of aryl methyl sites for hydroxylation is 1. The van der Waals surface area contributed by atoms with E-state index in [1.165, 1.54) is 6.33 Å². The van der Waals surface area contributed by atoms with Crippen LogP contribution in [0.5, 0.6) is 0 Å². The molecule has 0 amide bonds. The molecule has 0 spiro atoms. The molecule has 0 fully saturated rings. The lowest BCUT2D eigenvalue weighted by atomic mass is 10.3. The zero-order valence-corrected chi connectivity index (χ0v) is 9.91. The molecule has 0 saturated heterocycles. The van der Waals surface area contributed by atoms with Crippen LogP contribution in [-0.2, 0) is 13.6 Å². The van der Waals surface area contributed by atoms with Crippen LogP contribution < -0.4 is 5.32 Å². The van der Waals surface area contributed by atoms with Gasteiger partial charge in [-0.3, -0.25) is 9.67 Å². The van der Waals surface area contributed by atoms with Crippen LogP contribution in [0, 0.1) is 0 Å². The minimum atomic E-state index is 0.675. The molecule has 18 heavy (non-hydrogen) atoms. The molecule has 0 aliphatic rings. The van der Waals surface area contributed by atoms with Gasteiger partial charge in [-0.2, -0.15) is 5.10 Å². The third-order valence-corrected chi connectivity index (χ3v) is 2.71. The van der Waals surface area contributed by atoms with Crippen LogP contribution in [0.25, 0.3) is 11.0 Å². The first-order chi connectivity index (χ1) is 8.84. The third-order valence-electron chi connectivity index (χ3n) is 2.71. The zero-order valence-electron chi connectivity index (χ0n) is 9.91. The van der Waals surface area contributed by atoms with E-state index in [4.69, 9.17) is 0 Å². The summed E-state index contributed by atoms with van der Waals surface area (Å²) in [5, 5.41) is 8.37. The van der Waals surface area contributed by atoms with Crippen LogP contribution in [0.1, 0.15) is 5.56 Å². The van der Waals surface area contributed by atoms with E-state index in [0.717, 1.165) is 22.4 Å². The van der Waals surface area contributed by atoms with E-state index >= 15 is 0 Å². The minimum absolute atomic E-state index is 0.675. The Balaban J connectivity index is 1.87. The van der Waals surface area contributed by atoms with Gasteiger partial charge in [0.1, 0.15) is 12.1 Å². The molecule has 0 atom stereocenters. The molecule has 0 aliphatic carbocycles.